The molecule has 264 valence electrons. The number of benzene rings is 1. The van der Waals surface area contributed by atoms with Gasteiger partial charge in [-0.1, -0.05) is 17.7 Å². The number of aromatic nitrogens is 4. The van der Waals surface area contributed by atoms with Crippen molar-refractivity contribution in [2.24, 2.45) is 0 Å². The number of alkyl halides is 7. The summed E-state index contributed by atoms with van der Waals surface area (Å²) in [5.41, 5.74) is 1.66. The van der Waals surface area contributed by atoms with Crippen LogP contribution in [0.2, 0.25) is 0 Å². The van der Waals surface area contributed by atoms with E-state index in [2.05, 4.69) is 24.4 Å². The van der Waals surface area contributed by atoms with Gasteiger partial charge in [0.05, 0.1) is 13.4 Å². The number of hydrogen-bond acceptors (Lipinski definition) is 11. The molecule has 0 fully saturated rings. The molecular formula is C25H33Cs2F7N4O9S. The predicted molar refractivity (Wildman–Crippen MR) is 146 cm³/mol. The van der Waals surface area contributed by atoms with Gasteiger partial charge in [0.25, 0.3) is 35.9 Å². The van der Waals surface area contributed by atoms with Gasteiger partial charge in [-0.2, -0.15) is 18.6 Å². The van der Waals surface area contributed by atoms with E-state index in [1.54, 1.807) is 31.3 Å². The number of rotatable bonds is 10. The standard InChI is InChI=1S/C9H10F2O3S.C7H8F2N2O.C5H6N2O.C2H4F2O.CH3F.CH2O3.2Cs.H/c1-7-2-4-8(5-3-7)15(12,13)14-6-9(10)11;1-5(12)6-2-3-11(10-6)4-7(8)9;1-4(8)5-2-3-6-7-5;3-2(4)1-5;1-2;2-1-4-3;;;/h2-5,9H,6H2,1H3;2-3,7H,4H2,1H3;2-3H,1H3,(H,6,7);2,5H,1H2;1H3;1,3H;;;/q;;;;;;2*+1;-1/p-1/i;;;;1D;;;;. The Morgan fingerprint density at radius 1 is 1.04 bits per heavy atom. The summed E-state index contributed by atoms with van der Waals surface area (Å²) >= 11 is 0. The molecule has 2 heterocycles. The van der Waals surface area contributed by atoms with Crippen LogP contribution in [0.5, 0.6) is 0 Å². The van der Waals surface area contributed by atoms with Crippen LogP contribution in [0.4, 0.5) is 30.7 Å². The van der Waals surface area contributed by atoms with E-state index in [1.807, 2.05) is 0 Å². The molecule has 0 saturated heterocycles. The van der Waals surface area contributed by atoms with E-state index < -0.39 is 56.3 Å². The molecule has 0 radical (unpaired) electrons. The van der Waals surface area contributed by atoms with Gasteiger partial charge in [0.2, 0.25) is 0 Å². The molecule has 0 aliphatic rings. The van der Waals surface area contributed by atoms with Crippen LogP contribution in [-0.2, 0) is 30.5 Å². The Kier molecular flexibility index (Phi) is 40.2. The largest absolute Gasteiger partial charge is 1.00 e. The summed E-state index contributed by atoms with van der Waals surface area (Å²) in [6.07, 6.45) is -4.88. The first kappa shape index (κ1) is 54.7. The molecule has 0 amide bonds. The first-order chi connectivity index (χ1) is 21.9. The summed E-state index contributed by atoms with van der Waals surface area (Å²) in [4.78, 5) is 32.2. The molecule has 3 aromatic rings. The van der Waals surface area contributed by atoms with Crippen molar-refractivity contribution >= 4 is 28.2 Å². The van der Waals surface area contributed by atoms with Crippen LogP contribution in [0.3, 0.4) is 0 Å². The van der Waals surface area contributed by atoms with Crippen LogP contribution >= 0.6 is 0 Å². The van der Waals surface area contributed by atoms with Crippen molar-refractivity contribution in [3.63, 3.8) is 0 Å². The zero-order valence-corrected chi connectivity index (χ0v) is 39.7. The number of Topliss-reactive ketones (excluding diaryl/α,β-unsaturated/α-hetero) is 2. The SMILES string of the molecule is CC(=O)c1ccn(CC(F)F)n1.CC(=O)c1ccn[nH]1.Cc1ccc(S(=O)(=O)OCC(F)F)cc1.O=CO[O-].OCC(F)F.[2H]CF.[Cs+].[Cs+].[H-]. The molecular weight excluding hydrogens is 931 g/mol. The van der Waals surface area contributed by atoms with E-state index in [0.29, 0.717) is 5.69 Å². The summed E-state index contributed by atoms with van der Waals surface area (Å²) in [7, 11) is -5.05. The molecule has 13 nitrogen and oxygen atoms in total. The third-order valence-corrected chi connectivity index (χ3v) is 5.34. The number of carbonyl (C=O) groups excluding carboxylic acids is 3. The van der Waals surface area contributed by atoms with Crippen LogP contribution in [0.25, 0.3) is 0 Å². The number of nitrogens with one attached hydrogen (secondary N) is 1. The molecule has 0 aliphatic carbocycles. The van der Waals surface area contributed by atoms with Crippen molar-refractivity contribution in [1.82, 2.24) is 20.0 Å². The summed E-state index contributed by atoms with van der Waals surface area (Å²) in [6.45, 7) is 1.84. The fourth-order valence-corrected chi connectivity index (χ4v) is 3.05. The number of aromatic amines is 1. The van der Waals surface area contributed by atoms with E-state index >= 15 is 0 Å². The van der Waals surface area contributed by atoms with Gasteiger partial charge >= 0.3 is 138 Å². The molecule has 3 rings (SSSR count). The second-order valence-electron chi connectivity index (χ2n) is 7.61. The number of ketones is 2. The average molecular weight is 965 g/mol. The summed E-state index contributed by atoms with van der Waals surface area (Å²) in [5, 5.41) is 25.6. The molecule has 2 N–H and O–H groups in total. The van der Waals surface area contributed by atoms with Crippen molar-refractivity contribution in [1.29, 1.82) is 0 Å². The molecule has 0 bridgehead atoms. The number of carbonyl (C=O) groups is 3. The Morgan fingerprint density at radius 3 is 1.83 bits per heavy atom. The van der Waals surface area contributed by atoms with Crippen LogP contribution in [0, 0.1) is 6.92 Å². The number of hydrogen-bond donors (Lipinski definition) is 2. The van der Waals surface area contributed by atoms with Gasteiger partial charge in [0, 0.05) is 26.2 Å². The van der Waals surface area contributed by atoms with E-state index in [9.17, 15) is 48.7 Å². The minimum absolute atomic E-state index is 0. The van der Waals surface area contributed by atoms with Crippen molar-refractivity contribution < 1.29 is 214 Å². The summed E-state index contributed by atoms with van der Waals surface area (Å²) < 4.78 is 111. The van der Waals surface area contributed by atoms with Crippen LogP contribution in [0.15, 0.2) is 53.7 Å². The normalized spacial score (nSPS) is 9.77. The van der Waals surface area contributed by atoms with Crippen LogP contribution in [-0.4, -0.2) is 91.2 Å². The van der Waals surface area contributed by atoms with Gasteiger partial charge in [0.15, 0.2) is 11.6 Å². The molecule has 48 heavy (non-hydrogen) atoms. The molecule has 2 aromatic heterocycles. The summed E-state index contributed by atoms with van der Waals surface area (Å²) in [6, 6.07) is 8.83. The minimum atomic E-state index is -4.05. The number of nitrogens with zero attached hydrogens (tertiary/aromatic N) is 3. The molecule has 0 unspecified atom stereocenters. The van der Waals surface area contributed by atoms with Gasteiger partial charge in [-0.15, -0.1) is 0 Å². The maximum Gasteiger partial charge on any atom is 1.00 e. The van der Waals surface area contributed by atoms with Gasteiger partial charge < -0.3 is 16.7 Å². The van der Waals surface area contributed by atoms with Gasteiger partial charge in [-0.05, 0) is 31.2 Å². The number of H-pyrrole nitrogens is 1. The van der Waals surface area contributed by atoms with Crippen LogP contribution in [0.1, 0.15) is 43.2 Å². The average Bonchev–Trinajstić information content (AvgIpc) is 3.71. The number of halogens is 7. The molecule has 0 spiro atoms. The van der Waals surface area contributed by atoms with E-state index in [0.717, 1.165) is 10.2 Å². The molecule has 0 aliphatic heterocycles. The molecule has 0 atom stereocenters. The quantitative estimate of drug-likeness (QED) is 0.0538. The Bertz CT molecular complexity index is 1350. The predicted octanol–water partition coefficient (Wildman–Crippen LogP) is -2.69. The maximum absolute atomic E-state index is 11.8. The fraction of sp³-hybridized carbons (Fsp3) is 0.400. The maximum atomic E-state index is 11.8. The van der Waals surface area contributed by atoms with E-state index in [4.69, 9.17) is 16.5 Å². The molecule has 0 saturated carbocycles. The second kappa shape index (κ2) is 35.3. The Labute approximate surface area is 392 Å². The summed E-state index contributed by atoms with van der Waals surface area (Å²) in [5.74, 6) is -0.203. The zero-order valence-electron chi connectivity index (χ0n) is 28.4. The monoisotopic (exact) mass is 965 g/mol. The smallest absolute Gasteiger partial charge is 1.00 e. The number of aliphatic hydroxyl groups excluding tert-OH is 1. The van der Waals surface area contributed by atoms with E-state index in [-0.39, 0.29) is 168 Å². The Balaban J connectivity index is -0.000000124. The Hall–Kier alpha value is -0.106. The van der Waals surface area contributed by atoms with Crippen molar-refractivity contribution in [3.8, 4) is 0 Å². The minimum Gasteiger partial charge on any atom is -1.00 e. The van der Waals surface area contributed by atoms with Crippen molar-refractivity contribution in [2.45, 2.75) is 51.5 Å². The number of aryl methyl sites for hydroxylation is 1. The van der Waals surface area contributed by atoms with E-state index in [1.165, 1.54) is 38.2 Å². The van der Waals surface area contributed by atoms with Gasteiger partial charge in [-0.3, -0.25) is 32.7 Å². The van der Waals surface area contributed by atoms with Crippen LogP contribution < -0.4 is 143 Å². The zero-order chi connectivity index (χ0) is 37.0. The second-order valence-corrected chi connectivity index (χ2v) is 9.22. The first-order valence-corrected chi connectivity index (χ1v) is 13.4. The van der Waals surface area contributed by atoms with Crippen molar-refractivity contribution in [2.75, 3.05) is 20.4 Å². The third-order valence-electron chi connectivity index (χ3n) is 4.04. The fourth-order valence-electron chi connectivity index (χ4n) is 2.16. The topological polar surface area (TPSA) is 194 Å². The first-order valence-electron chi connectivity index (χ1n) is 12.7. The third kappa shape index (κ3) is 33.1. The number of aliphatic hydroxyl groups is 1. The molecule has 23 heteroatoms. The Morgan fingerprint density at radius 2 is 1.54 bits per heavy atom. The molecule has 1 aromatic carbocycles. The van der Waals surface area contributed by atoms with Gasteiger partial charge in [0.1, 0.15) is 31.1 Å². The van der Waals surface area contributed by atoms with Gasteiger partial charge in [-0.25, -0.2) is 26.3 Å². The van der Waals surface area contributed by atoms with Crippen molar-refractivity contribution in [3.05, 3.63) is 65.7 Å².